The maximum Gasteiger partial charge on any atom is 0.0390 e. The number of rotatable bonds is 3. The van der Waals surface area contributed by atoms with E-state index in [9.17, 15) is 0 Å². The Kier molecular flexibility index (Phi) is 3.24. The van der Waals surface area contributed by atoms with E-state index >= 15 is 0 Å². The average Bonchev–Trinajstić information content (AvgIpc) is 2.49. The van der Waals surface area contributed by atoms with Crippen LogP contribution in [0.25, 0.3) is 11.1 Å². The van der Waals surface area contributed by atoms with Crippen LogP contribution in [0.2, 0.25) is 0 Å². The Bertz CT molecular complexity index is 648. The highest BCUT2D eigenvalue weighted by atomic mass is 14.9. The fourth-order valence-corrected chi connectivity index (χ4v) is 2.00. The van der Waals surface area contributed by atoms with E-state index in [0.717, 1.165) is 22.5 Å². The zero-order chi connectivity index (χ0) is 12.9. The van der Waals surface area contributed by atoms with Crippen molar-refractivity contribution in [3.8, 4) is 11.1 Å². The number of nitrogens with one attached hydrogen (secondary N) is 1. The van der Waals surface area contributed by atoms with Gasteiger partial charge < -0.3 is 5.32 Å². The SMILES string of the molecule is c1ccc(Nc2cccc(-c3cccnc3)c2)cc1. The van der Waals surface area contributed by atoms with Crippen LogP contribution in [0, 0.1) is 0 Å². The van der Waals surface area contributed by atoms with Crippen molar-refractivity contribution in [2.75, 3.05) is 5.32 Å². The molecule has 0 fully saturated rings. The van der Waals surface area contributed by atoms with Crippen LogP contribution in [0.4, 0.5) is 11.4 Å². The van der Waals surface area contributed by atoms with E-state index in [2.05, 4.69) is 46.7 Å². The van der Waals surface area contributed by atoms with Crippen molar-refractivity contribution < 1.29 is 0 Å². The van der Waals surface area contributed by atoms with E-state index in [0.29, 0.717) is 0 Å². The maximum atomic E-state index is 4.15. The van der Waals surface area contributed by atoms with Gasteiger partial charge in [0.1, 0.15) is 0 Å². The molecule has 2 nitrogen and oxygen atoms in total. The first kappa shape index (κ1) is 11.5. The van der Waals surface area contributed by atoms with Gasteiger partial charge in [-0.1, -0.05) is 36.4 Å². The molecule has 0 bridgehead atoms. The quantitative estimate of drug-likeness (QED) is 0.736. The summed E-state index contributed by atoms with van der Waals surface area (Å²) < 4.78 is 0. The van der Waals surface area contributed by atoms with Crippen molar-refractivity contribution in [3.05, 3.63) is 79.1 Å². The number of aromatic nitrogens is 1. The Labute approximate surface area is 112 Å². The van der Waals surface area contributed by atoms with Gasteiger partial charge in [-0.25, -0.2) is 0 Å². The summed E-state index contributed by atoms with van der Waals surface area (Å²) in [5.41, 5.74) is 4.45. The predicted octanol–water partition coefficient (Wildman–Crippen LogP) is 4.49. The van der Waals surface area contributed by atoms with Crippen LogP contribution in [-0.4, -0.2) is 4.98 Å². The van der Waals surface area contributed by atoms with Crippen molar-refractivity contribution in [1.29, 1.82) is 0 Å². The van der Waals surface area contributed by atoms with Gasteiger partial charge >= 0.3 is 0 Å². The molecule has 0 aliphatic carbocycles. The summed E-state index contributed by atoms with van der Waals surface area (Å²) in [6, 6.07) is 22.5. The molecule has 0 aliphatic heterocycles. The molecule has 2 heteroatoms. The number of nitrogens with zero attached hydrogens (tertiary/aromatic N) is 1. The van der Waals surface area contributed by atoms with E-state index in [1.165, 1.54) is 0 Å². The lowest BCUT2D eigenvalue weighted by atomic mass is 10.1. The monoisotopic (exact) mass is 246 g/mol. The minimum absolute atomic E-state index is 1.08. The molecule has 2 aromatic carbocycles. The van der Waals surface area contributed by atoms with Crippen LogP contribution in [0.1, 0.15) is 0 Å². The standard InChI is InChI=1S/C17H14N2/c1-2-8-16(9-3-1)19-17-10-4-6-14(12-17)15-7-5-11-18-13-15/h1-13,19H. The van der Waals surface area contributed by atoms with Crippen LogP contribution in [0.15, 0.2) is 79.1 Å². The van der Waals surface area contributed by atoms with Crippen LogP contribution in [-0.2, 0) is 0 Å². The molecule has 0 atom stereocenters. The number of benzene rings is 2. The molecule has 3 rings (SSSR count). The van der Waals surface area contributed by atoms with Gasteiger partial charge in [0.05, 0.1) is 0 Å². The first-order valence-corrected chi connectivity index (χ1v) is 6.24. The van der Waals surface area contributed by atoms with Crippen molar-refractivity contribution in [3.63, 3.8) is 0 Å². The average molecular weight is 246 g/mol. The Morgan fingerprint density at radius 2 is 1.47 bits per heavy atom. The molecule has 1 N–H and O–H groups in total. The number of pyridine rings is 1. The van der Waals surface area contributed by atoms with Gasteiger partial charge in [0, 0.05) is 29.3 Å². The molecule has 0 unspecified atom stereocenters. The zero-order valence-corrected chi connectivity index (χ0v) is 10.5. The molecule has 3 aromatic rings. The second-order valence-electron chi connectivity index (χ2n) is 4.31. The van der Waals surface area contributed by atoms with E-state index in [1.54, 1.807) is 6.20 Å². The molecule has 1 heterocycles. The van der Waals surface area contributed by atoms with Gasteiger partial charge in [0.2, 0.25) is 0 Å². The van der Waals surface area contributed by atoms with Gasteiger partial charge in [-0.3, -0.25) is 4.98 Å². The third kappa shape index (κ3) is 2.80. The molecule has 0 aliphatic rings. The van der Waals surface area contributed by atoms with Gasteiger partial charge in [-0.05, 0) is 35.9 Å². The molecule has 0 amide bonds. The van der Waals surface area contributed by atoms with Crippen molar-refractivity contribution in [1.82, 2.24) is 4.98 Å². The van der Waals surface area contributed by atoms with Crippen LogP contribution < -0.4 is 5.32 Å². The first-order chi connectivity index (χ1) is 9.42. The third-order valence-electron chi connectivity index (χ3n) is 2.92. The maximum absolute atomic E-state index is 4.15. The fourth-order valence-electron chi connectivity index (χ4n) is 2.00. The summed E-state index contributed by atoms with van der Waals surface area (Å²) in [5, 5.41) is 3.39. The minimum atomic E-state index is 1.08. The Hall–Kier alpha value is -2.61. The van der Waals surface area contributed by atoms with E-state index in [4.69, 9.17) is 0 Å². The number of hydrogen-bond donors (Lipinski definition) is 1. The molecular formula is C17H14N2. The van der Waals surface area contributed by atoms with Gasteiger partial charge in [0.25, 0.3) is 0 Å². The Balaban J connectivity index is 1.89. The van der Waals surface area contributed by atoms with Crippen LogP contribution in [0.5, 0.6) is 0 Å². The molecule has 0 radical (unpaired) electrons. The summed E-state index contributed by atoms with van der Waals surface area (Å²) in [4.78, 5) is 4.15. The highest BCUT2D eigenvalue weighted by Gasteiger charge is 1.99. The zero-order valence-electron chi connectivity index (χ0n) is 10.5. The lowest BCUT2D eigenvalue weighted by Gasteiger charge is -2.08. The molecule has 0 saturated heterocycles. The summed E-state index contributed by atoms with van der Waals surface area (Å²) in [5.74, 6) is 0. The molecule has 0 saturated carbocycles. The lowest BCUT2D eigenvalue weighted by Crippen LogP contribution is -1.90. The molecule has 1 aromatic heterocycles. The van der Waals surface area contributed by atoms with E-state index in [1.807, 2.05) is 36.5 Å². The highest BCUT2D eigenvalue weighted by molar-refractivity contribution is 5.70. The third-order valence-corrected chi connectivity index (χ3v) is 2.92. The molecule has 92 valence electrons. The normalized spacial score (nSPS) is 10.1. The smallest absolute Gasteiger partial charge is 0.0390 e. The van der Waals surface area contributed by atoms with Crippen molar-refractivity contribution in [2.24, 2.45) is 0 Å². The predicted molar refractivity (Wildman–Crippen MR) is 79.4 cm³/mol. The van der Waals surface area contributed by atoms with Gasteiger partial charge in [-0.2, -0.15) is 0 Å². The van der Waals surface area contributed by atoms with Crippen molar-refractivity contribution in [2.45, 2.75) is 0 Å². The van der Waals surface area contributed by atoms with Crippen LogP contribution >= 0.6 is 0 Å². The number of para-hydroxylation sites is 1. The number of anilines is 2. The molecule has 19 heavy (non-hydrogen) atoms. The van der Waals surface area contributed by atoms with E-state index in [-0.39, 0.29) is 0 Å². The van der Waals surface area contributed by atoms with E-state index < -0.39 is 0 Å². The fraction of sp³-hybridized carbons (Fsp3) is 0. The molecular weight excluding hydrogens is 232 g/mol. The topological polar surface area (TPSA) is 24.9 Å². The minimum Gasteiger partial charge on any atom is -0.356 e. The second-order valence-corrected chi connectivity index (χ2v) is 4.31. The lowest BCUT2D eigenvalue weighted by molar-refractivity contribution is 1.33. The second kappa shape index (κ2) is 5.36. The Morgan fingerprint density at radius 3 is 2.26 bits per heavy atom. The molecule has 0 spiro atoms. The first-order valence-electron chi connectivity index (χ1n) is 6.24. The number of hydrogen-bond acceptors (Lipinski definition) is 2. The summed E-state index contributed by atoms with van der Waals surface area (Å²) >= 11 is 0. The summed E-state index contributed by atoms with van der Waals surface area (Å²) in [7, 11) is 0. The van der Waals surface area contributed by atoms with Gasteiger partial charge in [-0.15, -0.1) is 0 Å². The van der Waals surface area contributed by atoms with Crippen LogP contribution in [0.3, 0.4) is 0 Å². The summed E-state index contributed by atoms with van der Waals surface area (Å²) in [6.07, 6.45) is 3.66. The van der Waals surface area contributed by atoms with Crippen molar-refractivity contribution >= 4 is 11.4 Å². The van der Waals surface area contributed by atoms with Gasteiger partial charge in [0.15, 0.2) is 0 Å². The Morgan fingerprint density at radius 1 is 0.684 bits per heavy atom. The largest absolute Gasteiger partial charge is 0.356 e. The summed E-state index contributed by atoms with van der Waals surface area (Å²) in [6.45, 7) is 0. The highest BCUT2D eigenvalue weighted by Crippen LogP contribution is 2.23.